The minimum Gasteiger partial charge on any atom is -0.451 e. The summed E-state index contributed by atoms with van der Waals surface area (Å²) in [5.41, 5.74) is 7.66. The number of hydrogen-bond acceptors (Lipinski definition) is 4. The molecule has 122 valence electrons. The van der Waals surface area contributed by atoms with Crippen LogP contribution in [0.3, 0.4) is 0 Å². The molecule has 0 saturated carbocycles. The molecular weight excluding hydrogens is 324 g/mol. The van der Waals surface area contributed by atoms with E-state index in [1.165, 1.54) is 11.3 Å². The second-order valence-electron chi connectivity index (χ2n) is 5.88. The molecule has 6 heteroatoms. The van der Waals surface area contributed by atoms with E-state index in [0.717, 1.165) is 41.5 Å². The molecular formula is C18H16N2O3S. The molecule has 0 bridgehead atoms. The van der Waals surface area contributed by atoms with Gasteiger partial charge in [0.15, 0.2) is 5.76 Å². The standard InChI is InChI=1S/C18H16N2O3S/c19-16(21)15-11-6-2-4-8-14(11)24-18(15)20-17(22)13-9-10-5-1-3-7-12(10)23-13/h1,3,5,7,9H,2,4,6,8H2,(H2,19,21)(H,20,22). The molecule has 1 aliphatic rings. The Morgan fingerprint density at radius 1 is 1.17 bits per heavy atom. The zero-order valence-corrected chi connectivity index (χ0v) is 13.7. The lowest BCUT2D eigenvalue weighted by Crippen LogP contribution is -2.18. The van der Waals surface area contributed by atoms with Crippen molar-refractivity contribution in [2.24, 2.45) is 5.73 Å². The Kier molecular flexibility index (Phi) is 3.61. The minimum atomic E-state index is -0.491. The Morgan fingerprint density at radius 3 is 2.75 bits per heavy atom. The Morgan fingerprint density at radius 2 is 1.96 bits per heavy atom. The fourth-order valence-electron chi connectivity index (χ4n) is 3.17. The van der Waals surface area contributed by atoms with Crippen molar-refractivity contribution in [3.8, 4) is 0 Å². The molecule has 0 spiro atoms. The largest absolute Gasteiger partial charge is 0.451 e. The highest BCUT2D eigenvalue weighted by Crippen LogP contribution is 2.38. The number of carbonyl (C=O) groups excluding carboxylic acids is 2. The second-order valence-corrected chi connectivity index (χ2v) is 6.99. The maximum Gasteiger partial charge on any atom is 0.292 e. The number of hydrogen-bond donors (Lipinski definition) is 2. The number of rotatable bonds is 3. The first kappa shape index (κ1) is 15.0. The lowest BCUT2D eigenvalue weighted by Gasteiger charge is -2.11. The molecule has 0 unspecified atom stereocenters. The summed E-state index contributed by atoms with van der Waals surface area (Å²) >= 11 is 1.45. The van der Waals surface area contributed by atoms with Gasteiger partial charge in [-0.05, 0) is 43.4 Å². The molecule has 0 aliphatic heterocycles. The highest BCUT2D eigenvalue weighted by Gasteiger charge is 2.25. The summed E-state index contributed by atoms with van der Waals surface area (Å²) in [6.07, 6.45) is 3.91. The van der Waals surface area contributed by atoms with E-state index in [0.29, 0.717) is 16.1 Å². The van der Waals surface area contributed by atoms with Crippen LogP contribution >= 0.6 is 11.3 Å². The third-order valence-corrected chi connectivity index (χ3v) is 5.50. The van der Waals surface area contributed by atoms with Crippen LogP contribution in [0.1, 0.15) is 44.2 Å². The van der Waals surface area contributed by atoms with Crippen LogP contribution in [0, 0.1) is 0 Å². The fraction of sp³-hybridized carbons (Fsp3) is 0.222. The van der Waals surface area contributed by atoms with Gasteiger partial charge in [0.1, 0.15) is 10.6 Å². The van der Waals surface area contributed by atoms with E-state index in [1.54, 1.807) is 6.07 Å². The predicted octanol–water partition coefficient (Wildman–Crippen LogP) is 3.72. The Balaban J connectivity index is 1.68. The summed E-state index contributed by atoms with van der Waals surface area (Å²) in [7, 11) is 0. The summed E-state index contributed by atoms with van der Waals surface area (Å²) in [5.74, 6) is -0.639. The number of primary amides is 1. The molecule has 4 rings (SSSR count). The molecule has 0 fully saturated rings. The Hall–Kier alpha value is -2.60. The van der Waals surface area contributed by atoms with Crippen molar-refractivity contribution < 1.29 is 14.0 Å². The van der Waals surface area contributed by atoms with Crippen LogP contribution in [0.25, 0.3) is 11.0 Å². The molecule has 0 saturated heterocycles. The zero-order valence-electron chi connectivity index (χ0n) is 12.9. The van der Waals surface area contributed by atoms with Gasteiger partial charge in [-0.2, -0.15) is 0 Å². The monoisotopic (exact) mass is 340 g/mol. The Bertz CT molecular complexity index is 921. The van der Waals surface area contributed by atoms with Crippen molar-refractivity contribution in [3.05, 3.63) is 52.1 Å². The van der Waals surface area contributed by atoms with Crippen molar-refractivity contribution in [2.75, 3.05) is 5.32 Å². The smallest absolute Gasteiger partial charge is 0.292 e. The number of para-hydroxylation sites is 1. The summed E-state index contributed by atoms with van der Waals surface area (Å²) < 4.78 is 5.58. The first-order chi connectivity index (χ1) is 11.6. The maximum absolute atomic E-state index is 12.5. The molecule has 0 radical (unpaired) electrons. The average Bonchev–Trinajstić information content (AvgIpc) is 3.15. The molecule has 3 N–H and O–H groups in total. The van der Waals surface area contributed by atoms with Crippen LogP contribution in [0.5, 0.6) is 0 Å². The van der Waals surface area contributed by atoms with Gasteiger partial charge in [0.25, 0.3) is 11.8 Å². The highest BCUT2D eigenvalue weighted by molar-refractivity contribution is 7.17. The molecule has 2 amide bonds. The number of aryl methyl sites for hydroxylation is 1. The van der Waals surface area contributed by atoms with E-state index in [2.05, 4.69) is 5.32 Å². The maximum atomic E-state index is 12.5. The number of amides is 2. The van der Waals surface area contributed by atoms with Crippen LogP contribution in [-0.2, 0) is 12.8 Å². The van der Waals surface area contributed by atoms with Crippen molar-refractivity contribution in [1.29, 1.82) is 0 Å². The molecule has 3 aromatic rings. The molecule has 2 aromatic heterocycles. The summed E-state index contributed by atoms with van der Waals surface area (Å²) in [6, 6.07) is 9.13. The van der Waals surface area contributed by atoms with Crippen LogP contribution in [0.2, 0.25) is 0 Å². The van der Waals surface area contributed by atoms with Gasteiger partial charge in [0.2, 0.25) is 0 Å². The number of furan rings is 1. The van der Waals surface area contributed by atoms with E-state index in [1.807, 2.05) is 24.3 Å². The van der Waals surface area contributed by atoms with Crippen LogP contribution in [-0.4, -0.2) is 11.8 Å². The number of benzene rings is 1. The SMILES string of the molecule is NC(=O)c1c(NC(=O)c2cc3ccccc3o2)sc2c1CCCC2. The fourth-order valence-corrected chi connectivity index (χ4v) is 4.46. The first-order valence-corrected chi connectivity index (χ1v) is 8.69. The summed E-state index contributed by atoms with van der Waals surface area (Å²) in [6.45, 7) is 0. The van der Waals surface area contributed by atoms with Gasteiger partial charge in [-0.3, -0.25) is 9.59 Å². The van der Waals surface area contributed by atoms with Gasteiger partial charge in [0.05, 0.1) is 5.56 Å². The minimum absolute atomic E-state index is 0.220. The summed E-state index contributed by atoms with van der Waals surface area (Å²) in [4.78, 5) is 25.5. The average molecular weight is 340 g/mol. The van der Waals surface area contributed by atoms with Crippen LogP contribution in [0.4, 0.5) is 5.00 Å². The lowest BCUT2D eigenvalue weighted by atomic mass is 9.95. The first-order valence-electron chi connectivity index (χ1n) is 7.88. The van der Waals surface area contributed by atoms with E-state index in [-0.39, 0.29) is 11.7 Å². The zero-order chi connectivity index (χ0) is 16.7. The van der Waals surface area contributed by atoms with Crippen LogP contribution in [0.15, 0.2) is 34.7 Å². The molecule has 5 nitrogen and oxygen atoms in total. The highest BCUT2D eigenvalue weighted by atomic mass is 32.1. The lowest BCUT2D eigenvalue weighted by molar-refractivity contribution is 0.0999. The van der Waals surface area contributed by atoms with Crippen LogP contribution < -0.4 is 11.1 Å². The number of fused-ring (bicyclic) bond motifs is 2. The quantitative estimate of drug-likeness (QED) is 0.762. The third-order valence-electron chi connectivity index (χ3n) is 4.29. The predicted molar refractivity (Wildman–Crippen MR) is 93.6 cm³/mol. The topological polar surface area (TPSA) is 85.3 Å². The van der Waals surface area contributed by atoms with Gasteiger partial charge in [-0.15, -0.1) is 11.3 Å². The molecule has 2 heterocycles. The third kappa shape index (κ3) is 2.49. The van der Waals surface area contributed by atoms with Gasteiger partial charge in [0, 0.05) is 10.3 Å². The van der Waals surface area contributed by atoms with Crippen molar-refractivity contribution >= 4 is 39.1 Å². The van der Waals surface area contributed by atoms with E-state index in [9.17, 15) is 9.59 Å². The molecule has 1 aliphatic carbocycles. The second kappa shape index (κ2) is 5.79. The number of nitrogens with two attached hydrogens (primary N) is 1. The molecule has 0 atom stereocenters. The molecule has 1 aromatic carbocycles. The number of carbonyl (C=O) groups is 2. The Labute approximate surface area is 142 Å². The van der Waals surface area contributed by atoms with Gasteiger partial charge >= 0.3 is 0 Å². The normalized spacial score (nSPS) is 13.7. The van der Waals surface area contributed by atoms with Gasteiger partial charge < -0.3 is 15.5 Å². The van der Waals surface area contributed by atoms with Crippen molar-refractivity contribution in [1.82, 2.24) is 0 Å². The summed E-state index contributed by atoms with van der Waals surface area (Å²) in [5, 5.41) is 4.20. The van der Waals surface area contributed by atoms with Gasteiger partial charge in [-0.1, -0.05) is 18.2 Å². The number of thiophene rings is 1. The van der Waals surface area contributed by atoms with E-state index >= 15 is 0 Å². The van der Waals surface area contributed by atoms with Crippen molar-refractivity contribution in [3.63, 3.8) is 0 Å². The van der Waals surface area contributed by atoms with E-state index < -0.39 is 5.91 Å². The van der Waals surface area contributed by atoms with E-state index in [4.69, 9.17) is 10.2 Å². The van der Waals surface area contributed by atoms with Gasteiger partial charge in [-0.25, -0.2) is 0 Å². The van der Waals surface area contributed by atoms with Crippen molar-refractivity contribution in [2.45, 2.75) is 25.7 Å². The number of anilines is 1. The number of nitrogens with one attached hydrogen (secondary N) is 1. The molecule has 24 heavy (non-hydrogen) atoms.